The highest BCUT2D eigenvalue weighted by Crippen LogP contribution is 2.25. The average molecular weight is 266 g/mol. The predicted molar refractivity (Wildman–Crippen MR) is 76.8 cm³/mol. The smallest absolute Gasteiger partial charge is 0.0545 e. The van der Waals surface area contributed by atoms with Crippen molar-refractivity contribution >= 4 is 23.4 Å². The van der Waals surface area contributed by atoms with Gasteiger partial charge in [0.2, 0.25) is 0 Å². The topological polar surface area (TPSA) is 12.0 Å². The van der Waals surface area contributed by atoms with E-state index in [9.17, 15) is 0 Å². The molecule has 1 atom stereocenters. The Morgan fingerprint density at radius 1 is 1.41 bits per heavy atom. The number of fused-ring (bicyclic) bond motifs is 1. The molecule has 0 heterocycles. The maximum atomic E-state index is 5.99. The summed E-state index contributed by atoms with van der Waals surface area (Å²) in [5.74, 6) is 4.53. The van der Waals surface area contributed by atoms with Gasteiger partial charge in [-0.3, -0.25) is 0 Å². The van der Waals surface area contributed by atoms with E-state index in [1.54, 1.807) is 11.8 Å². The molecule has 17 heavy (non-hydrogen) atoms. The molecule has 1 nitrogen and oxygen atoms in total. The summed E-state index contributed by atoms with van der Waals surface area (Å²) < 4.78 is 0. The lowest BCUT2D eigenvalue weighted by Gasteiger charge is -2.10. The van der Waals surface area contributed by atoms with Crippen LogP contribution in [0.25, 0.3) is 0 Å². The van der Waals surface area contributed by atoms with E-state index in [-0.39, 0.29) is 0 Å². The van der Waals surface area contributed by atoms with Gasteiger partial charge < -0.3 is 5.32 Å². The molecule has 2 rings (SSSR count). The van der Waals surface area contributed by atoms with Crippen molar-refractivity contribution in [1.82, 2.24) is 5.32 Å². The van der Waals surface area contributed by atoms with E-state index in [2.05, 4.69) is 23.4 Å². The minimum Gasteiger partial charge on any atom is -0.312 e. The Hall–Kier alpha value is -0.620. The van der Waals surface area contributed by atoms with Crippen LogP contribution in [0.1, 0.15) is 11.1 Å². The molecule has 1 aliphatic carbocycles. The van der Waals surface area contributed by atoms with E-state index in [1.807, 2.05) is 6.07 Å². The van der Waals surface area contributed by atoms with Crippen molar-refractivity contribution in [2.75, 3.05) is 18.1 Å². The zero-order valence-electron chi connectivity index (χ0n) is 9.71. The summed E-state index contributed by atoms with van der Waals surface area (Å²) in [7, 11) is 0. The summed E-state index contributed by atoms with van der Waals surface area (Å²) in [4.78, 5) is 0. The van der Waals surface area contributed by atoms with Crippen molar-refractivity contribution in [3.8, 4) is 12.3 Å². The van der Waals surface area contributed by atoms with Gasteiger partial charge in [0, 0.05) is 23.4 Å². The number of thioether (sulfide) groups is 1. The zero-order chi connectivity index (χ0) is 12.1. The fourth-order valence-corrected chi connectivity index (χ4v) is 2.92. The van der Waals surface area contributed by atoms with Gasteiger partial charge in [-0.15, -0.1) is 18.2 Å². The first-order valence-corrected chi connectivity index (χ1v) is 7.35. The number of hydrogen-bond donors (Lipinski definition) is 1. The molecule has 0 amide bonds. The maximum Gasteiger partial charge on any atom is 0.0545 e. The highest BCUT2D eigenvalue weighted by molar-refractivity contribution is 7.99. The monoisotopic (exact) mass is 265 g/mol. The lowest BCUT2D eigenvalue weighted by molar-refractivity contribution is 0.554. The molecular formula is C14H16ClNS. The van der Waals surface area contributed by atoms with E-state index in [0.717, 1.165) is 35.9 Å². The van der Waals surface area contributed by atoms with Gasteiger partial charge in [-0.05, 0) is 36.1 Å². The molecule has 1 aromatic rings. The van der Waals surface area contributed by atoms with Crippen molar-refractivity contribution in [3.63, 3.8) is 0 Å². The van der Waals surface area contributed by atoms with Gasteiger partial charge in [0.1, 0.15) is 0 Å². The first kappa shape index (κ1) is 12.8. The molecule has 90 valence electrons. The van der Waals surface area contributed by atoms with Gasteiger partial charge in [-0.25, -0.2) is 0 Å². The SMILES string of the molecule is C#CCSCCNC1Cc2ccc(Cl)cc2C1. The van der Waals surface area contributed by atoms with Gasteiger partial charge >= 0.3 is 0 Å². The van der Waals surface area contributed by atoms with Gasteiger partial charge in [-0.2, -0.15) is 0 Å². The molecule has 0 aromatic heterocycles. The van der Waals surface area contributed by atoms with Crippen LogP contribution in [0.3, 0.4) is 0 Å². The van der Waals surface area contributed by atoms with E-state index < -0.39 is 0 Å². The van der Waals surface area contributed by atoms with Crippen LogP contribution in [0, 0.1) is 12.3 Å². The van der Waals surface area contributed by atoms with Crippen LogP contribution in [0.4, 0.5) is 0 Å². The highest BCUT2D eigenvalue weighted by Gasteiger charge is 2.20. The lowest BCUT2D eigenvalue weighted by atomic mass is 10.1. The molecule has 1 unspecified atom stereocenters. The number of halogens is 1. The minimum atomic E-state index is 0.565. The Labute approximate surface area is 112 Å². The van der Waals surface area contributed by atoms with Gasteiger partial charge in [0.15, 0.2) is 0 Å². The molecule has 0 radical (unpaired) electrons. The molecule has 0 fully saturated rings. The van der Waals surface area contributed by atoms with Crippen molar-refractivity contribution in [2.45, 2.75) is 18.9 Å². The third-order valence-corrected chi connectivity index (χ3v) is 4.06. The van der Waals surface area contributed by atoms with Gasteiger partial charge in [0.05, 0.1) is 5.75 Å². The molecule has 0 aliphatic heterocycles. The summed E-state index contributed by atoms with van der Waals surface area (Å²) in [6.45, 7) is 1.03. The third-order valence-electron chi connectivity index (χ3n) is 2.97. The number of rotatable bonds is 5. The predicted octanol–water partition coefficient (Wildman–Crippen LogP) is 2.76. The van der Waals surface area contributed by atoms with Crippen molar-refractivity contribution in [1.29, 1.82) is 0 Å². The van der Waals surface area contributed by atoms with Crippen LogP contribution in [-0.2, 0) is 12.8 Å². The number of hydrogen-bond acceptors (Lipinski definition) is 2. The summed E-state index contributed by atoms with van der Waals surface area (Å²) >= 11 is 7.79. The maximum absolute atomic E-state index is 5.99. The van der Waals surface area contributed by atoms with Gasteiger partial charge in [0.25, 0.3) is 0 Å². The van der Waals surface area contributed by atoms with Crippen LogP contribution >= 0.6 is 23.4 Å². The molecule has 1 aliphatic rings. The second-order valence-electron chi connectivity index (χ2n) is 4.23. The molecule has 1 aromatic carbocycles. The first-order chi connectivity index (χ1) is 8.29. The van der Waals surface area contributed by atoms with E-state index in [0.29, 0.717) is 6.04 Å². The van der Waals surface area contributed by atoms with E-state index in [1.165, 1.54) is 11.1 Å². The molecule has 3 heteroatoms. The van der Waals surface area contributed by atoms with Crippen molar-refractivity contribution in [2.24, 2.45) is 0 Å². The van der Waals surface area contributed by atoms with Crippen LogP contribution in [0.2, 0.25) is 5.02 Å². The summed E-state index contributed by atoms with van der Waals surface area (Å²) in [6, 6.07) is 6.78. The van der Waals surface area contributed by atoms with E-state index >= 15 is 0 Å². The number of nitrogens with one attached hydrogen (secondary N) is 1. The van der Waals surface area contributed by atoms with Crippen LogP contribution in [0.5, 0.6) is 0 Å². The Bertz CT molecular complexity index is 425. The summed E-state index contributed by atoms with van der Waals surface area (Å²) in [5, 5.41) is 4.42. The average Bonchev–Trinajstić information content (AvgIpc) is 2.70. The fourth-order valence-electron chi connectivity index (χ4n) is 2.20. The summed E-state index contributed by atoms with van der Waals surface area (Å²) in [5.41, 5.74) is 2.83. The standard InChI is InChI=1S/C14H16ClNS/c1-2-6-17-7-5-16-14-9-11-3-4-13(15)8-12(11)10-14/h1,3-4,8,14,16H,5-7,9-10H2. The molecule has 0 bridgehead atoms. The fraction of sp³-hybridized carbons (Fsp3) is 0.429. The Kier molecular flexibility index (Phi) is 4.79. The highest BCUT2D eigenvalue weighted by atomic mass is 35.5. The Morgan fingerprint density at radius 3 is 3.06 bits per heavy atom. The summed E-state index contributed by atoms with van der Waals surface area (Å²) in [6.07, 6.45) is 7.41. The second-order valence-corrected chi connectivity index (χ2v) is 5.77. The molecular weight excluding hydrogens is 250 g/mol. The zero-order valence-corrected chi connectivity index (χ0v) is 11.3. The Morgan fingerprint density at radius 2 is 2.24 bits per heavy atom. The second kappa shape index (κ2) is 6.35. The molecule has 1 N–H and O–H groups in total. The third kappa shape index (κ3) is 3.67. The van der Waals surface area contributed by atoms with Gasteiger partial charge in [-0.1, -0.05) is 23.6 Å². The first-order valence-electron chi connectivity index (χ1n) is 5.81. The normalized spacial score (nSPS) is 17.8. The Balaban J connectivity index is 1.75. The van der Waals surface area contributed by atoms with Crippen molar-refractivity contribution < 1.29 is 0 Å². The quantitative estimate of drug-likeness (QED) is 0.649. The number of terminal acetylenes is 1. The molecule has 0 saturated heterocycles. The molecule has 0 spiro atoms. The molecule has 0 saturated carbocycles. The van der Waals surface area contributed by atoms with Crippen molar-refractivity contribution in [3.05, 3.63) is 34.3 Å². The van der Waals surface area contributed by atoms with E-state index in [4.69, 9.17) is 18.0 Å². The largest absolute Gasteiger partial charge is 0.312 e. The van der Waals surface area contributed by atoms with Crippen LogP contribution in [0.15, 0.2) is 18.2 Å². The van der Waals surface area contributed by atoms with Crippen LogP contribution in [-0.4, -0.2) is 24.1 Å². The lowest BCUT2D eigenvalue weighted by Crippen LogP contribution is -2.31. The minimum absolute atomic E-state index is 0.565. The number of benzene rings is 1. The van der Waals surface area contributed by atoms with Crippen LogP contribution < -0.4 is 5.32 Å².